The number of hydrogen-bond donors (Lipinski definition) is 0. The molecule has 0 fully saturated rings. The molecule has 0 aliphatic carbocycles. The zero-order valence-corrected chi connectivity index (χ0v) is 11.9. The van der Waals surface area contributed by atoms with E-state index >= 15 is 0 Å². The van der Waals surface area contributed by atoms with Crippen LogP contribution < -0.4 is 0 Å². The SMILES string of the molecule is C=C/C=C(\C(=C)/C(C)=N/C=C(C)C)C(C)CC. The van der Waals surface area contributed by atoms with Crippen molar-refractivity contribution in [1.82, 2.24) is 0 Å². The van der Waals surface area contributed by atoms with Crippen molar-refractivity contribution in [3.63, 3.8) is 0 Å². The second-order valence-electron chi connectivity index (χ2n) is 4.57. The molecule has 94 valence electrons. The Morgan fingerprint density at radius 2 is 1.88 bits per heavy atom. The first-order valence-electron chi connectivity index (χ1n) is 6.14. The summed E-state index contributed by atoms with van der Waals surface area (Å²) in [4.78, 5) is 4.42. The lowest BCUT2D eigenvalue weighted by Crippen LogP contribution is -2.06. The summed E-state index contributed by atoms with van der Waals surface area (Å²) in [7, 11) is 0. The minimum absolute atomic E-state index is 0.484. The molecule has 0 aliphatic heterocycles. The molecule has 0 radical (unpaired) electrons. The van der Waals surface area contributed by atoms with E-state index in [0.717, 1.165) is 17.7 Å². The predicted molar refractivity (Wildman–Crippen MR) is 79.4 cm³/mol. The fraction of sp³-hybridized carbons (Fsp3) is 0.438. The maximum Gasteiger partial charge on any atom is 0.0441 e. The van der Waals surface area contributed by atoms with Gasteiger partial charge in [0.25, 0.3) is 0 Å². The van der Waals surface area contributed by atoms with Gasteiger partial charge in [0.05, 0.1) is 0 Å². The van der Waals surface area contributed by atoms with E-state index in [1.807, 2.05) is 39.1 Å². The van der Waals surface area contributed by atoms with Crippen LogP contribution in [0.15, 0.2) is 53.2 Å². The average Bonchev–Trinajstić information content (AvgIpc) is 2.31. The zero-order valence-electron chi connectivity index (χ0n) is 11.9. The number of allylic oxidation sites excluding steroid dienone is 5. The van der Waals surface area contributed by atoms with Crippen molar-refractivity contribution in [1.29, 1.82) is 0 Å². The van der Waals surface area contributed by atoms with Gasteiger partial charge < -0.3 is 0 Å². The zero-order chi connectivity index (χ0) is 13.4. The van der Waals surface area contributed by atoms with Gasteiger partial charge in [-0.3, -0.25) is 4.99 Å². The molecule has 0 heterocycles. The minimum atomic E-state index is 0.484. The third kappa shape index (κ3) is 5.48. The summed E-state index contributed by atoms with van der Waals surface area (Å²) in [6.07, 6.45) is 6.83. The highest BCUT2D eigenvalue weighted by Crippen LogP contribution is 2.22. The van der Waals surface area contributed by atoms with Crippen molar-refractivity contribution in [3.05, 3.63) is 48.2 Å². The lowest BCUT2D eigenvalue weighted by Gasteiger charge is -2.16. The first kappa shape index (κ1) is 15.6. The van der Waals surface area contributed by atoms with Gasteiger partial charge in [0, 0.05) is 11.9 Å². The highest BCUT2D eigenvalue weighted by molar-refractivity contribution is 6.02. The highest BCUT2D eigenvalue weighted by Gasteiger charge is 2.11. The summed E-state index contributed by atoms with van der Waals surface area (Å²) in [5, 5.41) is 0. The molecule has 0 aromatic carbocycles. The van der Waals surface area contributed by atoms with E-state index in [1.54, 1.807) is 0 Å². The van der Waals surface area contributed by atoms with Gasteiger partial charge in [0.2, 0.25) is 0 Å². The molecular formula is C16H25N. The van der Waals surface area contributed by atoms with Crippen molar-refractivity contribution < 1.29 is 0 Å². The second-order valence-corrected chi connectivity index (χ2v) is 4.57. The smallest absolute Gasteiger partial charge is 0.0441 e. The van der Waals surface area contributed by atoms with Crippen LogP contribution in [0.5, 0.6) is 0 Å². The van der Waals surface area contributed by atoms with Gasteiger partial charge in [-0.2, -0.15) is 0 Å². The van der Waals surface area contributed by atoms with E-state index in [1.165, 1.54) is 11.1 Å². The van der Waals surface area contributed by atoms with Crippen LogP contribution in [-0.2, 0) is 0 Å². The molecule has 0 N–H and O–H groups in total. The fourth-order valence-electron chi connectivity index (χ4n) is 1.42. The Balaban J connectivity index is 5.11. The van der Waals surface area contributed by atoms with Crippen LogP contribution in [-0.4, -0.2) is 5.71 Å². The summed E-state index contributed by atoms with van der Waals surface area (Å²) in [5.74, 6) is 0.484. The van der Waals surface area contributed by atoms with Crippen LogP contribution in [0.1, 0.15) is 41.0 Å². The van der Waals surface area contributed by atoms with Crippen molar-refractivity contribution in [3.8, 4) is 0 Å². The Kier molecular flexibility index (Phi) is 7.20. The number of nitrogens with zero attached hydrogens (tertiary/aromatic N) is 1. The van der Waals surface area contributed by atoms with E-state index in [9.17, 15) is 0 Å². The Bertz CT molecular complexity index is 363. The summed E-state index contributed by atoms with van der Waals surface area (Å²) >= 11 is 0. The van der Waals surface area contributed by atoms with Gasteiger partial charge in [0.1, 0.15) is 0 Å². The number of hydrogen-bond acceptors (Lipinski definition) is 1. The van der Waals surface area contributed by atoms with Gasteiger partial charge in [0.15, 0.2) is 0 Å². The van der Waals surface area contributed by atoms with Gasteiger partial charge in [-0.15, -0.1) is 0 Å². The summed E-state index contributed by atoms with van der Waals surface area (Å²) in [5.41, 5.74) is 4.40. The minimum Gasteiger partial charge on any atom is -0.261 e. The van der Waals surface area contributed by atoms with Crippen LogP contribution in [0.2, 0.25) is 0 Å². The molecule has 1 atom stereocenters. The second kappa shape index (κ2) is 7.83. The van der Waals surface area contributed by atoms with Crippen LogP contribution in [0.4, 0.5) is 0 Å². The largest absolute Gasteiger partial charge is 0.261 e. The molecule has 0 rings (SSSR count). The van der Waals surface area contributed by atoms with Crippen molar-refractivity contribution in [2.24, 2.45) is 10.9 Å². The van der Waals surface area contributed by atoms with Crippen LogP contribution in [0.25, 0.3) is 0 Å². The first-order chi connectivity index (χ1) is 7.93. The monoisotopic (exact) mass is 231 g/mol. The van der Waals surface area contributed by atoms with E-state index in [0.29, 0.717) is 5.92 Å². The molecule has 0 amide bonds. The van der Waals surface area contributed by atoms with Crippen molar-refractivity contribution in [2.45, 2.75) is 41.0 Å². The fourth-order valence-corrected chi connectivity index (χ4v) is 1.42. The third-order valence-corrected chi connectivity index (χ3v) is 2.74. The molecule has 0 spiro atoms. The van der Waals surface area contributed by atoms with Crippen LogP contribution in [0.3, 0.4) is 0 Å². The molecule has 0 aromatic rings. The van der Waals surface area contributed by atoms with E-state index in [2.05, 4.69) is 32.0 Å². The standard InChI is InChI=1S/C16H25N/c1-8-10-16(13(5)9-2)14(6)15(7)17-11-12(3)4/h8,10-11,13H,1,6,9H2,2-5,7H3/b16-10-,17-15+. The Hall–Kier alpha value is -1.37. The maximum atomic E-state index is 4.42. The molecule has 0 saturated carbocycles. The summed E-state index contributed by atoms with van der Waals surface area (Å²) in [6.45, 7) is 18.4. The molecule has 1 unspecified atom stereocenters. The van der Waals surface area contributed by atoms with Gasteiger partial charge in [-0.25, -0.2) is 0 Å². The van der Waals surface area contributed by atoms with Crippen LogP contribution in [0, 0.1) is 5.92 Å². The molecule has 0 saturated heterocycles. The van der Waals surface area contributed by atoms with E-state index in [-0.39, 0.29) is 0 Å². The van der Waals surface area contributed by atoms with Gasteiger partial charge >= 0.3 is 0 Å². The normalized spacial score (nSPS) is 14.2. The number of rotatable bonds is 6. The Morgan fingerprint density at radius 1 is 1.29 bits per heavy atom. The summed E-state index contributed by atoms with van der Waals surface area (Å²) in [6, 6.07) is 0. The maximum absolute atomic E-state index is 4.42. The Labute approximate surface area is 106 Å². The molecule has 0 aromatic heterocycles. The molecule has 1 nitrogen and oxygen atoms in total. The van der Waals surface area contributed by atoms with Crippen molar-refractivity contribution in [2.75, 3.05) is 0 Å². The third-order valence-electron chi connectivity index (χ3n) is 2.74. The van der Waals surface area contributed by atoms with Crippen molar-refractivity contribution >= 4 is 5.71 Å². The number of aliphatic imine (C=N–C) groups is 1. The highest BCUT2D eigenvalue weighted by atomic mass is 14.7. The topological polar surface area (TPSA) is 12.4 Å². The van der Waals surface area contributed by atoms with E-state index < -0.39 is 0 Å². The molecule has 0 bridgehead atoms. The van der Waals surface area contributed by atoms with E-state index in [4.69, 9.17) is 0 Å². The molecule has 0 aliphatic rings. The lowest BCUT2D eigenvalue weighted by atomic mass is 9.90. The quantitative estimate of drug-likeness (QED) is 0.446. The van der Waals surface area contributed by atoms with Gasteiger partial charge in [-0.05, 0) is 44.3 Å². The Morgan fingerprint density at radius 3 is 2.29 bits per heavy atom. The summed E-state index contributed by atoms with van der Waals surface area (Å²) < 4.78 is 0. The molecular weight excluding hydrogens is 206 g/mol. The molecule has 1 heteroatoms. The van der Waals surface area contributed by atoms with Gasteiger partial charge in [-0.1, -0.05) is 44.7 Å². The molecule has 17 heavy (non-hydrogen) atoms. The predicted octanol–water partition coefficient (Wildman–Crippen LogP) is 5.09. The van der Waals surface area contributed by atoms with Crippen LogP contribution >= 0.6 is 0 Å². The lowest BCUT2D eigenvalue weighted by molar-refractivity contribution is 0.667. The average molecular weight is 231 g/mol. The first-order valence-corrected chi connectivity index (χ1v) is 6.14.